The summed E-state index contributed by atoms with van der Waals surface area (Å²) < 4.78 is 47.8. The molecule has 8 heteroatoms. The summed E-state index contributed by atoms with van der Waals surface area (Å²) in [5, 5.41) is 2.85. The van der Waals surface area contributed by atoms with Crippen molar-refractivity contribution >= 4 is 22.6 Å². The Morgan fingerprint density at radius 1 is 1.08 bits per heavy atom. The van der Waals surface area contributed by atoms with Crippen molar-refractivity contribution in [2.45, 2.75) is 6.18 Å². The Morgan fingerprint density at radius 2 is 1.77 bits per heavy atom. The zero-order chi connectivity index (χ0) is 18.9. The first-order chi connectivity index (χ1) is 12.3. The van der Waals surface area contributed by atoms with Crippen LogP contribution < -0.4 is 15.7 Å². The smallest absolute Gasteiger partial charge is 0.416 e. The van der Waals surface area contributed by atoms with E-state index in [1.165, 1.54) is 19.2 Å². The zero-order valence-corrected chi connectivity index (χ0v) is 13.4. The molecule has 0 unspecified atom stereocenters. The first-order valence-electron chi connectivity index (χ1n) is 7.38. The van der Waals surface area contributed by atoms with Crippen LogP contribution in [0.15, 0.2) is 57.7 Å². The monoisotopic (exact) mass is 363 g/mol. The first kappa shape index (κ1) is 17.5. The normalized spacial score (nSPS) is 11.4. The molecule has 5 nitrogen and oxygen atoms in total. The summed E-state index contributed by atoms with van der Waals surface area (Å²) in [4.78, 5) is 24.3. The van der Waals surface area contributed by atoms with Gasteiger partial charge in [0.15, 0.2) is 0 Å². The molecule has 1 heterocycles. The summed E-state index contributed by atoms with van der Waals surface area (Å²) in [7, 11) is 1.47. The van der Waals surface area contributed by atoms with E-state index in [-0.39, 0.29) is 16.8 Å². The van der Waals surface area contributed by atoms with Gasteiger partial charge in [-0.3, -0.25) is 4.79 Å². The van der Waals surface area contributed by atoms with E-state index in [0.29, 0.717) is 11.1 Å². The lowest BCUT2D eigenvalue weighted by Gasteiger charge is -2.09. The van der Waals surface area contributed by atoms with E-state index >= 15 is 0 Å². The molecule has 1 amide bonds. The Bertz CT molecular complexity index is 1020. The van der Waals surface area contributed by atoms with E-state index in [9.17, 15) is 22.8 Å². The van der Waals surface area contributed by atoms with E-state index in [2.05, 4.69) is 5.32 Å². The lowest BCUT2D eigenvalue weighted by atomic mass is 10.1. The lowest BCUT2D eigenvalue weighted by Crippen LogP contribution is -2.20. The van der Waals surface area contributed by atoms with Gasteiger partial charge in [0, 0.05) is 11.1 Å². The molecule has 1 aromatic heterocycles. The Kier molecular flexibility index (Phi) is 4.41. The molecule has 26 heavy (non-hydrogen) atoms. The summed E-state index contributed by atoms with van der Waals surface area (Å²) in [5.41, 5.74) is -1.57. The molecule has 3 rings (SSSR count). The van der Waals surface area contributed by atoms with E-state index in [1.807, 2.05) is 0 Å². The number of hydrogen-bond donors (Lipinski definition) is 1. The summed E-state index contributed by atoms with van der Waals surface area (Å²) in [6, 6.07) is 9.95. The standard InChI is InChI=1S/C18H12F3NO4/c1-25-13-6-7-15-10(8-13)9-14(17(24)26-15)16(23)22-12-4-2-11(3-5-12)18(19,20)21/h2-9H,1H3,(H,22,23). The van der Waals surface area contributed by atoms with E-state index in [1.54, 1.807) is 12.1 Å². The molecule has 0 atom stereocenters. The number of fused-ring (bicyclic) bond motifs is 1. The third kappa shape index (κ3) is 3.53. The number of amides is 1. The van der Waals surface area contributed by atoms with Crippen molar-refractivity contribution in [1.29, 1.82) is 0 Å². The summed E-state index contributed by atoms with van der Waals surface area (Å²) >= 11 is 0. The van der Waals surface area contributed by atoms with Gasteiger partial charge in [0.05, 0.1) is 12.7 Å². The maximum absolute atomic E-state index is 12.6. The van der Waals surface area contributed by atoms with Crippen LogP contribution in [0.25, 0.3) is 11.0 Å². The quantitative estimate of drug-likeness (QED) is 0.712. The van der Waals surface area contributed by atoms with Crippen LogP contribution >= 0.6 is 0 Å². The Labute approximate surface area is 145 Å². The highest BCUT2D eigenvalue weighted by molar-refractivity contribution is 6.05. The minimum absolute atomic E-state index is 0.119. The fourth-order valence-electron chi connectivity index (χ4n) is 2.33. The predicted molar refractivity (Wildman–Crippen MR) is 88.4 cm³/mol. The molecule has 0 aliphatic rings. The van der Waals surface area contributed by atoms with Crippen LogP contribution in [0.1, 0.15) is 15.9 Å². The number of halogens is 3. The molecule has 0 bridgehead atoms. The van der Waals surface area contributed by atoms with Gasteiger partial charge in [0.2, 0.25) is 0 Å². The molecule has 0 spiro atoms. The summed E-state index contributed by atoms with van der Waals surface area (Å²) in [6.45, 7) is 0. The first-order valence-corrected chi connectivity index (χ1v) is 7.38. The number of methoxy groups -OCH3 is 1. The van der Waals surface area contributed by atoms with Crippen molar-refractivity contribution in [3.63, 3.8) is 0 Å². The van der Waals surface area contributed by atoms with Crippen molar-refractivity contribution in [3.05, 3.63) is 70.1 Å². The van der Waals surface area contributed by atoms with E-state index in [0.717, 1.165) is 24.3 Å². The average molecular weight is 363 g/mol. The van der Waals surface area contributed by atoms with Gasteiger partial charge < -0.3 is 14.5 Å². The summed E-state index contributed by atoms with van der Waals surface area (Å²) in [5.74, 6) is -0.274. The Morgan fingerprint density at radius 3 is 2.38 bits per heavy atom. The lowest BCUT2D eigenvalue weighted by molar-refractivity contribution is -0.137. The molecular formula is C18H12F3NO4. The van der Waals surface area contributed by atoms with E-state index in [4.69, 9.17) is 9.15 Å². The molecule has 134 valence electrons. The van der Waals surface area contributed by atoms with Crippen molar-refractivity contribution in [1.82, 2.24) is 0 Å². The minimum Gasteiger partial charge on any atom is -0.497 e. The zero-order valence-electron chi connectivity index (χ0n) is 13.4. The Balaban J connectivity index is 1.89. The van der Waals surface area contributed by atoms with Gasteiger partial charge in [-0.15, -0.1) is 0 Å². The third-order valence-electron chi connectivity index (χ3n) is 3.65. The maximum Gasteiger partial charge on any atom is 0.416 e. The number of alkyl halides is 3. The topological polar surface area (TPSA) is 68.5 Å². The second-order valence-electron chi connectivity index (χ2n) is 5.38. The average Bonchev–Trinajstić information content (AvgIpc) is 2.60. The highest BCUT2D eigenvalue weighted by Crippen LogP contribution is 2.30. The number of ether oxygens (including phenoxy) is 1. The fraction of sp³-hybridized carbons (Fsp3) is 0.111. The van der Waals surface area contributed by atoms with E-state index < -0.39 is 23.3 Å². The van der Waals surface area contributed by atoms with Crippen LogP contribution in [0.4, 0.5) is 18.9 Å². The summed E-state index contributed by atoms with van der Waals surface area (Å²) in [6.07, 6.45) is -4.47. The molecule has 0 aliphatic carbocycles. The van der Waals surface area contributed by atoms with Gasteiger partial charge in [-0.25, -0.2) is 4.79 Å². The van der Waals surface area contributed by atoms with Crippen molar-refractivity contribution in [2.75, 3.05) is 12.4 Å². The molecular weight excluding hydrogens is 351 g/mol. The largest absolute Gasteiger partial charge is 0.497 e. The molecule has 2 aromatic carbocycles. The van der Waals surface area contributed by atoms with Crippen LogP contribution in [-0.2, 0) is 6.18 Å². The van der Waals surface area contributed by atoms with Crippen LogP contribution in [0.5, 0.6) is 5.75 Å². The molecule has 0 fully saturated rings. The van der Waals surface area contributed by atoms with Gasteiger partial charge in [0.25, 0.3) is 5.91 Å². The molecule has 0 radical (unpaired) electrons. The van der Waals surface area contributed by atoms with Crippen LogP contribution in [0.3, 0.4) is 0 Å². The minimum atomic E-state index is -4.47. The highest BCUT2D eigenvalue weighted by atomic mass is 19.4. The number of carbonyl (C=O) groups excluding carboxylic acids is 1. The number of hydrogen-bond acceptors (Lipinski definition) is 4. The maximum atomic E-state index is 12.6. The fourth-order valence-corrected chi connectivity index (χ4v) is 2.33. The molecule has 0 saturated carbocycles. The highest BCUT2D eigenvalue weighted by Gasteiger charge is 2.30. The van der Waals surface area contributed by atoms with Crippen molar-refractivity contribution < 1.29 is 27.1 Å². The van der Waals surface area contributed by atoms with Gasteiger partial charge in [-0.2, -0.15) is 13.2 Å². The molecule has 1 N–H and O–H groups in total. The van der Waals surface area contributed by atoms with Crippen molar-refractivity contribution in [3.8, 4) is 5.75 Å². The van der Waals surface area contributed by atoms with Gasteiger partial charge in [-0.1, -0.05) is 0 Å². The second kappa shape index (κ2) is 6.55. The number of rotatable bonds is 3. The van der Waals surface area contributed by atoms with Crippen LogP contribution in [0, 0.1) is 0 Å². The molecule has 0 saturated heterocycles. The predicted octanol–water partition coefficient (Wildman–Crippen LogP) is 4.07. The third-order valence-corrected chi connectivity index (χ3v) is 3.65. The van der Waals surface area contributed by atoms with Gasteiger partial charge in [-0.05, 0) is 48.5 Å². The Hall–Kier alpha value is -3.29. The molecule has 3 aromatic rings. The number of benzene rings is 2. The SMILES string of the molecule is COc1ccc2oc(=O)c(C(=O)Nc3ccc(C(F)(F)F)cc3)cc2c1. The van der Waals surface area contributed by atoms with Crippen LogP contribution in [0.2, 0.25) is 0 Å². The number of anilines is 1. The second-order valence-corrected chi connectivity index (χ2v) is 5.38. The van der Waals surface area contributed by atoms with Gasteiger partial charge >= 0.3 is 11.8 Å². The number of nitrogens with one attached hydrogen (secondary N) is 1. The molecule has 0 aliphatic heterocycles. The van der Waals surface area contributed by atoms with Gasteiger partial charge in [0.1, 0.15) is 16.9 Å². The van der Waals surface area contributed by atoms with Crippen LogP contribution in [-0.4, -0.2) is 13.0 Å². The number of carbonyl (C=O) groups is 1. The van der Waals surface area contributed by atoms with Crippen molar-refractivity contribution in [2.24, 2.45) is 0 Å².